The van der Waals surface area contributed by atoms with Crippen LogP contribution in [0, 0.1) is 0 Å². The van der Waals surface area contributed by atoms with E-state index in [-0.39, 0.29) is 13.0 Å². The molecule has 0 fully saturated rings. The zero-order chi connectivity index (χ0) is 16.4. The van der Waals surface area contributed by atoms with Crippen molar-refractivity contribution < 1.29 is 26.5 Å². The monoisotopic (exact) mass is 324 g/mol. The Hall–Kier alpha value is -1.20. The summed E-state index contributed by atoms with van der Waals surface area (Å²) in [6.45, 7) is -0.788. The maximum Gasteiger partial charge on any atom is 0.192 e. The molecule has 4 atom stereocenters. The van der Waals surface area contributed by atoms with Gasteiger partial charge in [-0.25, -0.2) is 22.1 Å². The Morgan fingerprint density at radius 2 is 1.32 bits per heavy atom. The summed E-state index contributed by atoms with van der Waals surface area (Å²) in [5, 5.41) is 0. The van der Waals surface area contributed by atoms with Crippen LogP contribution in [0.5, 0.6) is 0 Å². The molecule has 0 saturated carbocycles. The number of halogens is 5. The highest BCUT2D eigenvalue weighted by molar-refractivity contribution is 4.85. The molecule has 1 nitrogen and oxygen atoms in total. The van der Waals surface area contributed by atoms with E-state index in [1.54, 1.807) is 18.2 Å². The highest BCUT2D eigenvalue weighted by Crippen LogP contribution is 2.21. The summed E-state index contributed by atoms with van der Waals surface area (Å²) in [5.74, 6) is 0. The highest BCUT2D eigenvalue weighted by Gasteiger charge is 2.37. The average molecular weight is 324 g/mol. The smallest absolute Gasteiger partial charge is 0.192 e. The maximum atomic E-state index is 13.7. The van der Waals surface area contributed by atoms with E-state index >= 15 is 0 Å². The van der Waals surface area contributed by atoms with Gasteiger partial charge in [0, 0.05) is 12.1 Å². The van der Waals surface area contributed by atoms with Gasteiger partial charge in [0.15, 0.2) is 37.5 Å². The quantitative estimate of drug-likeness (QED) is 0.325. The molecule has 6 heteroatoms. The summed E-state index contributed by atoms with van der Waals surface area (Å²) < 4.78 is 67.9. The minimum atomic E-state index is -2.49. The predicted molar refractivity (Wildman–Crippen MR) is 75.3 cm³/mol. The summed E-state index contributed by atoms with van der Waals surface area (Å²) in [4.78, 5) is 0. The summed E-state index contributed by atoms with van der Waals surface area (Å²) in [6, 6.07) is 5.00. The molecule has 0 aromatic carbocycles. The molecule has 0 amide bonds. The second-order valence-corrected chi connectivity index (χ2v) is 5.38. The van der Waals surface area contributed by atoms with E-state index in [9.17, 15) is 22.0 Å². The predicted octanol–water partition coefficient (Wildman–Crippen LogP) is 4.25. The number of rotatable bonds is 11. The summed E-state index contributed by atoms with van der Waals surface area (Å²) in [7, 11) is 0. The lowest BCUT2D eigenvalue weighted by Gasteiger charge is -2.19. The lowest BCUT2D eigenvalue weighted by atomic mass is 10.0. The molecule has 1 aromatic rings. The first-order valence-corrected chi connectivity index (χ1v) is 7.62. The van der Waals surface area contributed by atoms with E-state index in [0.717, 1.165) is 0 Å². The van der Waals surface area contributed by atoms with E-state index in [1.165, 1.54) is 17.0 Å². The average Bonchev–Trinajstić information content (AvgIpc) is 2.54. The largest absolute Gasteiger partial charge is 0.251 e. The van der Waals surface area contributed by atoms with Gasteiger partial charge in [0.05, 0.1) is 6.67 Å². The van der Waals surface area contributed by atoms with Gasteiger partial charge in [-0.3, -0.25) is 4.39 Å². The molecule has 0 spiro atoms. The van der Waals surface area contributed by atoms with Crippen LogP contribution in [0.15, 0.2) is 30.6 Å². The second kappa shape index (κ2) is 10.5. The zero-order valence-electron chi connectivity index (χ0n) is 12.5. The van der Waals surface area contributed by atoms with Gasteiger partial charge < -0.3 is 0 Å². The number of hydrogen-bond acceptors (Lipinski definition) is 0. The topological polar surface area (TPSA) is 3.88 Å². The molecule has 0 aliphatic carbocycles. The molecule has 1 heterocycles. The number of nitrogens with zero attached hydrogens (tertiary/aromatic N) is 1. The SMILES string of the molecule is FCCCCCCC(F)C(F)C(F)C(F)C[n+]1ccccc1. The van der Waals surface area contributed by atoms with Gasteiger partial charge in [0.25, 0.3) is 0 Å². The second-order valence-electron chi connectivity index (χ2n) is 5.38. The zero-order valence-corrected chi connectivity index (χ0v) is 12.5. The summed E-state index contributed by atoms with van der Waals surface area (Å²) >= 11 is 0. The van der Waals surface area contributed by atoms with E-state index in [1.807, 2.05) is 0 Å². The minimum absolute atomic E-state index is 0.168. The molecule has 1 aromatic heterocycles. The van der Waals surface area contributed by atoms with E-state index < -0.39 is 31.4 Å². The number of pyridine rings is 1. The Morgan fingerprint density at radius 1 is 0.727 bits per heavy atom. The van der Waals surface area contributed by atoms with Crippen LogP contribution in [-0.4, -0.2) is 31.4 Å². The van der Waals surface area contributed by atoms with Gasteiger partial charge in [0.1, 0.15) is 6.17 Å². The van der Waals surface area contributed by atoms with E-state index in [0.29, 0.717) is 25.7 Å². The molecule has 4 unspecified atom stereocenters. The van der Waals surface area contributed by atoms with Crippen molar-refractivity contribution in [2.24, 2.45) is 0 Å². The summed E-state index contributed by atoms with van der Waals surface area (Å²) in [5.41, 5.74) is 0. The fourth-order valence-electron chi connectivity index (χ4n) is 2.20. The molecule has 0 aliphatic rings. The van der Waals surface area contributed by atoms with Crippen LogP contribution in [0.4, 0.5) is 22.0 Å². The minimum Gasteiger partial charge on any atom is -0.251 e. The Labute approximate surface area is 128 Å². The van der Waals surface area contributed by atoms with Crippen molar-refractivity contribution >= 4 is 0 Å². The standard InChI is InChI=1S/C16H23F5N/c17-9-5-2-1-4-8-13(18)15(20)16(21)14(19)12-22-10-6-3-7-11-22/h3,6-7,10-11,13-16H,1-2,4-5,8-9,12H2/q+1. The number of aromatic nitrogens is 1. The van der Waals surface area contributed by atoms with Crippen LogP contribution in [0.1, 0.15) is 32.1 Å². The first kappa shape index (κ1) is 18.8. The number of alkyl halides is 5. The number of unbranched alkanes of at least 4 members (excludes halogenated alkanes) is 3. The normalized spacial score (nSPS) is 17.0. The van der Waals surface area contributed by atoms with Gasteiger partial charge in [-0.2, -0.15) is 0 Å². The van der Waals surface area contributed by atoms with Crippen LogP contribution in [-0.2, 0) is 6.54 Å². The fourth-order valence-corrected chi connectivity index (χ4v) is 2.20. The van der Waals surface area contributed by atoms with Crippen molar-refractivity contribution in [2.75, 3.05) is 6.67 Å². The highest BCUT2D eigenvalue weighted by atomic mass is 19.2. The van der Waals surface area contributed by atoms with Crippen molar-refractivity contribution in [2.45, 2.75) is 63.3 Å². The van der Waals surface area contributed by atoms with Gasteiger partial charge in [-0.15, -0.1) is 0 Å². The Balaban J connectivity index is 2.34. The van der Waals surface area contributed by atoms with Gasteiger partial charge in [-0.1, -0.05) is 25.3 Å². The lowest BCUT2D eigenvalue weighted by molar-refractivity contribution is -0.702. The first-order valence-electron chi connectivity index (χ1n) is 7.62. The fraction of sp³-hybridized carbons (Fsp3) is 0.688. The number of hydrogen-bond donors (Lipinski definition) is 0. The molecule has 0 saturated heterocycles. The van der Waals surface area contributed by atoms with E-state index in [4.69, 9.17) is 0 Å². The van der Waals surface area contributed by atoms with Crippen molar-refractivity contribution in [1.82, 2.24) is 0 Å². The molecule has 0 radical (unpaired) electrons. The van der Waals surface area contributed by atoms with Crippen molar-refractivity contribution in [1.29, 1.82) is 0 Å². The van der Waals surface area contributed by atoms with Gasteiger partial charge in [0.2, 0.25) is 0 Å². The molecule has 0 aliphatic heterocycles. The molecule has 0 N–H and O–H groups in total. The molecule has 126 valence electrons. The van der Waals surface area contributed by atoms with Gasteiger partial charge >= 0.3 is 0 Å². The van der Waals surface area contributed by atoms with E-state index in [2.05, 4.69) is 0 Å². The van der Waals surface area contributed by atoms with Crippen LogP contribution < -0.4 is 4.57 Å². The molecular weight excluding hydrogens is 301 g/mol. The third-order valence-electron chi connectivity index (χ3n) is 3.52. The van der Waals surface area contributed by atoms with Crippen LogP contribution >= 0.6 is 0 Å². The molecule has 22 heavy (non-hydrogen) atoms. The van der Waals surface area contributed by atoms with Crippen LogP contribution in [0.2, 0.25) is 0 Å². The first-order chi connectivity index (χ1) is 10.6. The Morgan fingerprint density at radius 3 is 1.95 bits per heavy atom. The van der Waals surface area contributed by atoms with Gasteiger partial charge in [-0.05, 0) is 12.8 Å². The van der Waals surface area contributed by atoms with Crippen molar-refractivity contribution in [3.8, 4) is 0 Å². The van der Waals surface area contributed by atoms with Crippen molar-refractivity contribution in [3.63, 3.8) is 0 Å². The third-order valence-corrected chi connectivity index (χ3v) is 3.52. The molecule has 1 rings (SSSR count). The lowest BCUT2D eigenvalue weighted by Crippen LogP contribution is -2.45. The molecule has 0 bridgehead atoms. The Kier molecular flexibility index (Phi) is 9.01. The van der Waals surface area contributed by atoms with Crippen LogP contribution in [0.3, 0.4) is 0 Å². The van der Waals surface area contributed by atoms with Crippen LogP contribution in [0.25, 0.3) is 0 Å². The summed E-state index contributed by atoms with van der Waals surface area (Å²) in [6.07, 6.45) is -4.31. The van der Waals surface area contributed by atoms with Crippen molar-refractivity contribution in [3.05, 3.63) is 30.6 Å². The maximum absolute atomic E-state index is 13.7. The molecular formula is C16H23F5N+. The Bertz CT molecular complexity index is 389. The third kappa shape index (κ3) is 6.71.